The van der Waals surface area contributed by atoms with Gasteiger partial charge in [0.15, 0.2) is 5.13 Å². The number of carbonyl (C=O) groups excluding carboxylic acids is 2. The smallest absolute Gasteiger partial charge is 0.325 e. The molecule has 144 valence electrons. The molecular weight excluding hydrogens is 381 g/mol. The summed E-state index contributed by atoms with van der Waals surface area (Å²) in [6.07, 6.45) is -3.82. The van der Waals surface area contributed by atoms with Crippen LogP contribution in [0.25, 0.3) is 0 Å². The quantitative estimate of drug-likeness (QED) is 0.830. The second kappa shape index (κ2) is 7.65. The SMILES string of the molecule is CC(=O)Nc1nc2c(s1)CN(CC(=O)Nc1cccc(C(F)(F)F)c1)CC2. The molecule has 10 heteroatoms. The predicted octanol–water partition coefficient (Wildman–Crippen LogP) is 3.12. The number of hydrogen-bond acceptors (Lipinski definition) is 5. The predicted molar refractivity (Wildman–Crippen MR) is 95.5 cm³/mol. The first-order chi connectivity index (χ1) is 12.7. The number of nitrogens with zero attached hydrogens (tertiary/aromatic N) is 2. The van der Waals surface area contributed by atoms with Crippen LogP contribution in [-0.4, -0.2) is 34.8 Å². The van der Waals surface area contributed by atoms with Crippen LogP contribution >= 0.6 is 11.3 Å². The van der Waals surface area contributed by atoms with E-state index >= 15 is 0 Å². The minimum atomic E-state index is -4.46. The number of amides is 2. The van der Waals surface area contributed by atoms with E-state index in [0.717, 1.165) is 22.7 Å². The van der Waals surface area contributed by atoms with Crippen molar-refractivity contribution in [3.05, 3.63) is 40.4 Å². The number of nitrogens with one attached hydrogen (secondary N) is 2. The maximum absolute atomic E-state index is 12.7. The molecule has 1 aliphatic heterocycles. The molecule has 1 aromatic heterocycles. The Labute approximate surface area is 157 Å². The monoisotopic (exact) mass is 398 g/mol. The Bertz CT molecular complexity index is 866. The van der Waals surface area contributed by atoms with Crippen molar-refractivity contribution in [3.63, 3.8) is 0 Å². The first kappa shape index (κ1) is 19.3. The molecule has 0 saturated heterocycles. The van der Waals surface area contributed by atoms with Crippen LogP contribution in [0.1, 0.15) is 23.1 Å². The average Bonchev–Trinajstić information content (AvgIpc) is 2.94. The largest absolute Gasteiger partial charge is 0.416 e. The van der Waals surface area contributed by atoms with E-state index in [1.54, 1.807) is 0 Å². The van der Waals surface area contributed by atoms with E-state index in [-0.39, 0.29) is 24.0 Å². The Hall–Kier alpha value is -2.46. The first-order valence-corrected chi connectivity index (χ1v) is 8.98. The molecule has 0 radical (unpaired) electrons. The first-order valence-electron chi connectivity index (χ1n) is 8.16. The standard InChI is InChI=1S/C17H17F3N4O2S/c1-10(25)21-16-23-13-5-6-24(8-14(13)27-16)9-15(26)22-12-4-2-3-11(7-12)17(18,19)20/h2-4,7H,5-6,8-9H2,1H3,(H,22,26)(H,21,23,25). The summed E-state index contributed by atoms with van der Waals surface area (Å²) in [7, 11) is 0. The van der Waals surface area contributed by atoms with Crippen LogP contribution in [0, 0.1) is 0 Å². The molecular formula is C17H17F3N4O2S. The Morgan fingerprint density at radius 1 is 1.30 bits per heavy atom. The summed E-state index contributed by atoms with van der Waals surface area (Å²) in [5, 5.41) is 5.68. The van der Waals surface area contributed by atoms with Crippen molar-refractivity contribution in [2.75, 3.05) is 23.7 Å². The molecule has 0 spiro atoms. The highest BCUT2D eigenvalue weighted by atomic mass is 32.1. The highest BCUT2D eigenvalue weighted by Gasteiger charge is 2.30. The van der Waals surface area contributed by atoms with Crippen LogP contribution in [-0.2, 0) is 28.7 Å². The molecule has 3 rings (SSSR count). The number of carbonyl (C=O) groups is 2. The number of rotatable bonds is 4. The lowest BCUT2D eigenvalue weighted by molar-refractivity contribution is -0.137. The number of aromatic nitrogens is 1. The number of fused-ring (bicyclic) bond motifs is 1. The summed E-state index contributed by atoms with van der Waals surface area (Å²) >= 11 is 1.36. The summed E-state index contributed by atoms with van der Waals surface area (Å²) < 4.78 is 38.2. The molecule has 6 nitrogen and oxygen atoms in total. The van der Waals surface area contributed by atoms with Crippen LogP contribution in [0.4, 0.5) is 24.0 Å². The van der Waals surface area contributed by atoms with Gasteiger partial charge in [-0.25, -0.2) is 4.98 Å². The third-order valence-corrected chi connectivity index (χ3v) is 4.93. The normalized spacial score (nSPS) is 14.5. The molecule has 1 aromatic carbocycles. The van der Waals surface area contributed by atoms with Gasteiger partial charge >= 0.3 is 6.18 Å². The van der Waals surface area contributed by atoms with Gasteiger partial charge in [0, 0.05) is 37.0 Å². The Morgan fingerprint density at radius 3 is 2.78 bits per heavy atom. The Kier molecular flexibility index (Phi) is 5.47. The number of halogens is 3. The second-order valence-electron chi connectivity index (χ2n) is 6.16. The highest BCUT2D eigenvalue weighted by Crippen LogP contribution is 2.31. The van der Waals surface area contributed by atoms with Gasteiger partial charge in [0.2, 0.25) is 11.8 Å². The molecule has 2 aromatic rings. The summed E-state index contributed by atoms with van der Waals surface area (Å²) in [4.78, 5) is 30.5. The minimum absolute atomic E-state index is 0.0586. The van der Waals surface area contributed by atoms with Crippen molar-refractivity contribution in [3.8, 4) is 0 Å². The van der Waals surface area contributed by atoms with Gasteiger partial charge in [-0.3, -0.25) is 14.5 Å². The zero-order valence-electron chi connectivity index (χ0n) is 14.4. The minimum Gasteiger partial charge on any atom is -0.325 e. The molecule has 0 saturated carbocycles. The van der Waals surface area contributed by atoms with Gasteiger partial charge in [0.05, 0.1) is 17.8 Å². The molecule has 27 heavy (non-hydrogen) atoms. The van der Waals surface area contributed by atoms with Crippen LogP contribution in [0.5, 0.6) is 0 Å². The van der Waals surface area contributed by atoms with E-state index in [0.29, 0.717) is 24.6 Å². The van der Waals surface area contributed by atoms with Crippen molar-refractivity contribution in [1.29, 1.82) is 0 Å². The molecule has 2 heterocycles. The van der Waals surface area contributed by atoms with E-state index in [4.69, 9.17) is 0 Å². The summed E-state index contributed by atoms with van der Waals surface area (Å²) in [5.41, 5.74) is 0.203. The number of anilines is 2. The van der Waals surface area contributed by atoms with E-state index in [9.17, 15) is 22.8 Å². The van der Waals surface area contributed by atoms with Crippen LogP contribution in [0.3, 0.4) is 0 Å². The number of benzene rings is 1. The van der Waals surface area contributed by atoms with Gasteiger partial charge in [0.1, 0.15) is 0 Å². The third kappa shape index (κ3) is 5.04. The van der Waals surface area contributed by atoms with E-state index in [1.165, 1.54) is 30.4 Å². The van der Waals surface area contributed by atoms with Gasteiger partial charge in [-0.2, -0.15) is 13.2 Å². The topological polar surface area (TPSA) is 74.3 Å². The van der Waals surface area contributed by atoms with Gasteiger partial charge in [-0.15, -0.1) is 11.3 Å². The number of hydrogen-bond donors (Lipinski definition) is 2. The fourth-order valence-corrected chi connectivity index (χ4v) is 3.86. The van der Waals surface area contributed by atoms with Crippen molar-refractivity contribution in [2.24, 2.45) is 0 Å². The fraction of sp³-hybridized carbons (Fsp3) is 0.353. The molecule has 0 bridgehead atoms. The third-order valence-electron chi connectivity index (χ3n) is 3.93. The molecule has 0 atom stereocenters. The van der Waals surface area contributed by atoms with Crippen LogP contribution in [0.2, 0.25) is 0 Å². The lowest BCUT2D eigenvalue weighted by Gasteiger charge is -2.25. The summed E-state index contributed by atoms with van der Waals surface area (Å²) in [5.74, 6) is -0.581. The zero-order valence-corrected chi connectivity index (χ0v) is 15.2. The number of alkyl halides is 3. The highest BCUT2D eigenvalue weighted by molar-refractivity contribution is 7.15. The van der Waals surface area contributed by atoms with Crippen LogP contribution in [0.15, 0.2) is 24.3 Å². The Balaban J connectivity index is 1.59. The van der Waals surface area contributed by atoms with Crippen molar-refractivity contribution < 1.29 is 22.8 Å². The fourth-order valence-electron chi connectivity index (χ4n) is 2.76. The van der Waals surface area contributed by atoms with E-state index in [2.05, 4.69) is 15.6 Å². The molecule has 2 amide bonds. The lowest BCUT2D eigenvalue weighted by atomic mass is 10.1. The average molecular weight is 398 g/mol. The second-order valence-corrected chi connectivity index (χ2v) is 7.24. The lowest BCUT2D eigenvalue weighted by Crippen LogP contribution is -2.36. The molecule has 2 N–H and O–H groups in total. The molecule has 1 aliphatic rings. The van der Waals surface area contributed by atoms with E-state index in [1.807, 2.05) is 4.90 Å². The van der Waals surface area contributed by atoms with Gasteiger partial charge in [-0.1, -0.05) is 6.07 Å². The zero-order chi connectivity index (χ0) is 19.6. The van der Waals surface area contributed by atoms with Crippen molar-refractivity contribution in [2.45, 2.75) is 26.1 Å². The maximum Gasteiger partial charge on any atom is 0.416 e. The summed E-state index contributed by atoms with van der Waals surface area (Å²) in [6, 6.07) is 4.55. The van der Waals surface area contributed by atoms with Gasteiger partial charge in [-0.05, 0) is 18.2 Å². The maximum atomic E-state index is 12.7. The van der Waals surface area contributed by atoms with Crippen molar-refractivity contribution >= 4 is 34.0 Å². The van der Waals surface area contributed by atoms with Gasteiger partial charge < -0.3 is 10.6 Å². The number of thiazole rings is 1. The Morgan fingerprint density at radius 2 is 2.07 bits per heavy atom. The molecule has 0 unspecified atom stereocenters. The molecule has 0 fully saturated rings. The van der Waals surface area contributed by atoms with Gasteiger partial charge in [0.25, 0.3) is 0 Å². The summed E-state index contributed by atoms with van der Waals surface area (Å²) in [6.45, 7) is 2.57. The van der Waals surface area contributed by atoms with Crippen LogP contribution < -0.4 is 10.6 Å². The van der Waals surface area contributed by atoms with Crippen molar-refractivity contribution in [1.82, 2.24) is 9.88 Å². The molecule has 0 aliphatic carbocycles. The van der Waals surface area contributed by atoms with E-state index < -0.39 is 11.7 Å².